The predicted octanol–water partition coefficient (Wildman–Crippen LogP) is 4.50. The first-order valence-electron chi connectivity index (χ1n) is 8.43. The maximum absolute atomic E-state index is 4.46. The van der Waals surface area contributed by atoms with Crippen molar-refractivity contribution in [3.8, 4) is 0 Å². The molecule has 0 saturated carbocycles. The van der Waals surface area contributed by atoms with Crippen LogP contribution in [0, 0.1) is 0 Å². The third-order valence-corrected chi connectivity index (χ3v) is 3.60. The fourth-order valence-electron chi connectivity index (χ4n) is 2.40. The summed E-state index contributed by atoms with van der Waals surface area (Å²) in [7, 11) is 0. The van der Waals surface area contributed by atoms with Crippen LogP contribution in [0.4, 0.5) is 35.0 Å². The van der Waals surface area contributed by atoms with E-state index in [0.29, 0.717) is 23.7 Å². The van der Waals surface area contributed by atoms with E-state index in [4.69, 9.17) is 0 Å². The third-order valence-electron chi connectivity index (χ3n) is 3.60. The summed E-state index contributed by atoms with van der Waals surface area (Å²) in [5.74, 6) is 1.89. The van der Waals surface area contributed by atoms with Gasteiger partial charge in [0.2, 0.25) is 17.8 Å². The van der Waals surface area contributed by atoms with Crippen molar-refractivity contribution in [2.24, 2.45) is 0 Å². The van der Waals surface area contributed by atoms with Crippen LogP contribution in [-0.2, 0) is 0 Å². The first-order valence-corrected chi connectivity index (χ1v) is 8.43. The Morgan fingerprint density at radius 2 is 0.963 bits per heavy atom. The van der Waals surface area contributed by atoms with Crippen molar-refractivity contribution >= 4 is 35.0 Å². The molecule has 0 aliphatic rings. The van der Waals surface area contributed by atoms with Crippen molar-refractivity contribution in [1.82, 2.24) is 19.9 Å². The summed E-state index contributed by atoms with van der Waals surface area (Å²) in [6, 6.07) is 25.0. The van der Waals surface area contributed by atoms with Crippen molar-refractivity contribution in [3.63, 3.8) is 0 Å². The van der Waals surface area contributed by atoms with E-state index in [1.165, 1.54) is 0 Å². The third kappa shape index (κ3) is 4.55. The Morgan fingerprint density at radius 1 is 0.481 bits per heavy atom. The van der Waals surface area contributed by atoms with Crippen molar-refractivity contribution in [2.45, 2.75) is 0 Å². The van der Waals surface area contributed by atoms with Crippen molar-refractivity contribution in [3.05, 3.63) is 85.1 Å². The van der Waals surface area contributed by atoms with E-state index in [1.54, 1.807) is 6.20 Å². The summed E-state index contributed by atoms with van der Waals surface area (Å²) in [5.41, 5.74) is 1.77. The molecule has 0 aliphatic carbocycles. The average Bonchev–Trinajstić information content (AvgIpc) is 2.70. The van der Waals surface area contributed by atoms with Gasteiger partial charge in [-0.1, -0.05) is 42.5 Å². The maximum Gasteiger partial charge on any atom is 0.235 e. The number of rotatable bonds is 6. The predicted molar refractivity (Wildman–Crippen MR) is 107 cm³/mol. The number of nitrogens with one attached hydrogen (secondary N) is 3. The Bertz CT molecular complexity index is 848. The molecular weight excluding hydrogens is 338 g/mol. The largest absolute Gasteiger partial charge is 0.324 e. The summed E-state index contributed by atoms with van der Waals surface area (Å²) >= 11 is 0. The smallest absolute Gasteiger partial charge is 0.235 e. The second-order valence-electron chi connectivity index (χ2n) is 5.63. The quantitative estimate of drug-likeness (QED) is 0.469. The molecule has 0 fully saturated rings. The molecule has 0 radical (unpaired) electrons. The minimum absolute atomic E-state index is 0.389. The van der Waals surface area contributed by atoms with Gasteiger partial charge in [0.15, 0.2) is 0 Å². The van der Waals surface area contributed by atoms with Gasteiger partial charge in [0.05, 0.1) is 0 Å². The minimum atomic E-state index is 0.389. The molecule has 0 saturated heterocycles. The average molecular weight is 355 g/mol. The lowest BCUT2D eigenvalue weighted by molar-refractivity contribution is 1.06. The molecule has 4 rings (SSSR count). The summed E-state index contributed by atoms with van der Waals surface area (Å²) in [6.07, 6.45) is 1.70. The van der Waals surface area contributed by atoms with Crippen molar-refractivity contribution in [2.75, 3.05) is 16.0 Å². The molecule has 0 atom stereocenters. The van der Waals surface area contributed by atoms with Crippen LogP contribution in [-0.4, -0.2) is 19.9 Å². The zero-order chi connectivity index (χ0) is 18.3. The molecule has 7 nitrogen and oxygen atoms in total. The zero-order valence-electron chi connectivity index (χ0n) is 14.4. The molecule has 2 heterocycles. The number of para-hydroxylation sites is 2. The van der Waals surface area contributed by atoms with Gasteiger partial charge in [0.25, 0.3) is 0 Å². The number of benzene rings is 2. The van der Waals surface area contributed by atoms with Crippen LogP contribution in [0.5, 0.6) is 0 Å². The summed E-state index contributed by atoms with van der Waals surface area (Å²) in [6.45, 7) is 0. The first kappa shape index (κ1) is 16.5. The highest BCUT2D eigenvalue weighted by Crippen LogP contribution is 2.19. The van der Waals surface area contributed by atoms with Gasteiger partial charge < -0.3 is 16.0 Å². The molecule has 0 unspecified atom stereocenters. The van der Waals surface area contributed by atoms with Crippen molar-refractivity contribution in [1.29, 1.82) is 0 Å². The highest BCUT2D eigenvalue weighted by Gasteiger charge is 2.08. The van der Waals surface area contributed by atoms with Gasteiger partial charge in [-0.25, -0.2) is 4.98 Å². The molecule has 27 heavy (non-hydrogen) atoms. The number of pyridine rings is 1. The summed E-state index contributed by atoms with van der Waals surface area (Å²) < 4.78 is 0. The van der Waals surface area contributed by atoms with Gasteiger partial charge in [-0.05, 0) is 36.4 Å². The fourth-order valence-corrected chi connectivity index (χ4v) is 2.40. The minimum Gasteiger partial charge on any atom is -0.324 e. The SMILES string of the molecule is c1ccc(Nc2nc(Nc3ccccc3)nc(Nc3ccccn3)n2)cc1. The van der Waals surface area contributed by atoms with Gasteiger partial charge >= 0.3 is 0 Å². The fraction of sp³-hybridized carbons (Fsp3) is 0. The van der Waals surface area contributed by atoms with Gasteiger partial charge in [-0.3, -0.25) is 0 Å². The molecule has 7 heteroatoms. The van der Waals surface area contributed by atoms with Crippen LogP contribution in [0.3, 0.4) is 0 Å². The Balaban J connectivity index is 1.64. The number of anilines is 6. The van der Waals surface area contributed by atoms with Crippen LogP contribution in [0.15, 0.2) is 85.1 Å². The van der Waals surface area contributed by atoms with Gasteiger partial charge in [0.1, 0.15) is 5.82 Å². The Hall–Kier alpha value is -4.00. The van der Waals surface area contributed by atoms with Crippen LogP contribution >= 0.6 is 0 Å². The normalized spacial score (nSPS) is 10.2. The van der Waals surface area contributed by atoms with E-state index >= 15 is 0 Å². The van der Waals surface area contributed by atoms with Crippen LogP contribution < -0.4 is 16.0 Å². The van der Waals surface area contributed by atoms with E-state index < -0.39 is 0 Å². The summed E-state index contributed by atoms with van der Waals surface area (Å²) in [4.78, 5) is 17.6. The number of hydrogen-bond donors (Lipinski definition) is 3. The highest BCUT2D eigenvalue weighted by atomic mass is 15.3. The molecule has 4 aromatic rings. The number of nitrogens with zero attached hydrogens (tertiary/aromatic N) is 4. The summed E-state index contributed by atoms with van der Waals surface area (Å²) in [5, 5.41) is 9.49. The number of hydrogen-bond acceptors (Lipinski definition) is 7. The Morgan fingerprint density at radius 3 is 1.44 bits per heavy atom. The molecule has 0 spiro atoms. The molecule has 2 aromatic heterocycles. The molecule has 0 aliphatic heterocycles. The van der Waals surface area contributed by atoms with Gasteiger partial charge in [0, 0.05) is 17.6 Å². The van der Waals surface area contributed by atoms with Crippen LogP contribution in [0.1, 0.15) is 0 Å². The molecule has 0 amide bonds. The molecule has 3 N–H and O–H groups in total. The van der Waals surface area contributed by atoms with E-state index in [2.05, 4.69) is 35.9 Å². The molecule has 2 aromatic carbocycles. The monoisotopic (exact) mass is 355 g/mol. The topological polar surface area (TPSA) is 87.7 Å². The molecular formula is C20H17N7. The standard InChI is InChI=1S/C20H17N7/c1-3-9-15(10-4-1)22-18-25-19(23-16-11-5-2-6-12-16)27-20(26-18)24-17-13-7-8-14-21-17/h1-14H,(H3,21,22,23,24,25,26,27). The Kier molecular flexibility index (Phi) is 4.83. The second-order valence-corrected chi connectivity index (χ2v) is 5.63. The first-order chi connectivity index (χ1) is 13.3. The Labute approximate surface area is 156 Å². The van der Waals surface area contributed by atoms with Crippen LogP contribution in [0.25, 0.3) is 0 Å². The van der Waals surface area contributed by atoms with E-state index in [-0.39, 0.29) is 0 Å². The zero-order valence-corrected chi connectivity index (χ0v) is 14.4. The van der Waals surface area contributed by atoms with Crippen LogP contribution in [0.2, 0.25) is 0 Å². The van der Waals surface area contributed by atoms with Gasteiger partial charge in [-0.2, -0.15) is 15.0 Å². The van der Waals surface area contributed by atoms with Crippen molar-refractivity contribution < 1.29 is 0 Å². The molecule has 0 bridgehead atoms. The second kappa shape index (κ2) is 7.92. The van der Waals surface area contributed by atoms with E-state index in [0.717, 1.165) is 11.4 Å². The number of aromatic nitrogens is 4. The van der Waals surface area contributed by atoms with Gasteiger partial charge in [-0.15, -0.1) is 0 Å². The van der Waals surface area contributed by atoms with E-state index in [1.807, 2.05) is 78.9 Å². The molecule has 132 valence electrons. The lowest BCUT2D eigenvalue weighted by atomic mass is 10.3. The lowest BCUT2D eigenvalue weighted by Gasteiger charge is -2.11. The highest BCUT2D eigenvalue weighted by molar-refractivity contribution is 5.60. The van der Waals surface area contributed by atoms with E-state index in [9.17, 15) is 0 Å². The maximum atomic E-state index is 4.46. The lowest BCUT2D eigenvalue weighted by Crippen LogP contribution is -2.07.